The van der Waals surface area contributed by atoms with Crippen molar-refractivity contribution >= 4 is 0 Å². The highest BCUT2D eigenvalue weighted by atomic mass is 16.5. The van der Waals surface area contributed by atoms with Gasteiger partial charge in [0.15, 0.2) is 0 Å². The average molecular weight is 245 g/mol. The zero-order chi connectivity index (χ0) is 13.1. The summed E-state index contributed by atoms with van der Waals surface area (Å²) in [5, 5.41) is 4.26. The molecular formula is C14H19N3O. The number of methoxy groups -OCH3 is 1. The fourth-order valence-corrected chi connectivity index (χ4v) is 2.01. The maximum absolute atomic E-state index is 6.24. The second kappa shape index (κ2) is 5.23. The first-order valence-corrected chi connectivity index (χ1v) is 5.99. The summed E-state index contributed by atoms with van der Waals surface area (Å²) in [7, 11) is 1.67. The first kappa shape index (κ1) is 12.6. The van der Waals surface area contributed by atoms with E-state index in [4.69, 9.17) is 10.5 Å². The summed E-state index contributed by atoms with van der Waals surface area (Å²) in [5.74, 6) is 0.831. The summed E-state index contributed by atoms with van der Waals surface area (Å²) >= 11 is 0. The lowest BCUT2D eigenvalue weighted by atomic mass is 10.0. The van der Waals surface area contributed by atoms with E-state index in [2.05, 4.69) is 11.2 Å². The number of nitrogens with two attached hydrogens (primary N) is 1. The molecule has 96 valence electrons. The van der Waals surface area contributed by atoms with Gasteiger partial charge in [0.1, 0.15) is 5.75 Å². The minimum atomic E-state index is -0.126. The Balaban J connectivity index is 2.22. The zero-order valence-electron chi connectivity index (χ0n) is 11.1. The van der Waals surface area contributed by atoms with Crippen molar-refractivity contribution < 1.29 is 4.74 Å². The molecule has 2 N–H and O–H groups in total. The molecule has 0 aliphatic heterocycles. The van der Waals surface area contributed by atoms with Crippen LogP contribution in [-0.4, -0.2) is 16.9 Å². The lowest BCUT2D eigenvalue weighted by Crippen LogP contribution is -2.18. The molecular weight excluding hydrogens is 226 g/mol. The molecule has 0 radical (unpaired) electrons. The van der Waals surface area contributed by atoms with E-state index in [0.29, 0.717) is 6.54 Å². The number of rotatable bonds is 4. The predicted octanol–water partition coefficient (Wildman–Crippen LogP) is 2.21. The number of aromatic nitrogens is 2. The summed E-state index contributed by atoms with van der Waals surface area (Å²) in [6.45, 7) is 4.71. The van der Waals surface area contributed by atoms with Crippen LogP contribution < -0.4 is 10.5 Å². The van der Waals surface area contributed by atoms with Gasteiger partial charge in [-0.05, 0) is 25.5 Å². The second-order valence-electron chi connectivity index (χ2n) is 4.59. The van der Waals surface area contributed by atoms with E-state index in [1.165, 1.54) is 5.56 Å². The molecule has 1 unspecified atom stereocenters. The molecule has 2 aromatic rings. The van der Waals surface area contributed by atoms with Gasteiger partial charge in [-0.3, -0.25) is 4.68 Å². The van der Waals surface area contributed by atoms with Crippen molar-refractivity contribution in [1.29, 1.82) is 0 Å². The van der Waals surface area contributed by atoms with E-state index in [9.17, 15) is 0 Å². The SMILES string of the molecule is COc1ccc(C)cc1C(N)Cn1cc(C)cn1. The first-order valence-electron chi connectivity index (χ1n) is 5.99. The number of aryl methyl sites for hydroxylation is 2. The third-order valence-corrected chi connectivity index (χ3v) is 2.93. The van der Waals surface area contributed by atoms with Gasteiger partial charge in [0, 0.05) is 11.8 Å². The summed E-state index contributed by atoms with van der Waals surface area (Å²) in [5.41, 5.74) is 9.58. The van der Waals surface area contributed by atoms with Gasteiger partial charge in [0.25, 0.3) is 0 Å². The lowest BCUT2D eigenvalue weighted by Gasteiger charge is -2.16. The zero-order valence-corrected chi connectivity index (χ0v) is 11.1. The quantitative estimate of drug-likeness (QED) is 0.898. The Kier molecular flexibility index (Phi) is 3.67. The van der Waals surface area contributed by atoms with E-state index in [1.54, 1.807) is 7.11 Å². The summed E-state index contributed by atoms with van der Waals surface area (Å²) < 4.78 is 7.22. The minimum Gasteiger partial charge on any atom is -0.496 e. The highest BCUT2D eigenvalue weighted by Crippen LogP contribution is 2.25. The van der Waals surface area contributed by atoms with Crippen LogP contribution in [0.4, 0.5) is 0 Å². The topological polar surface area (TPSA) is 53.1 Å². The molecule has 0 saturated carbocycles. The Bertz CT molecular complexity index is 534. The van der Waals surface area contributed by atoms with Gasteiger partial charge in [-0.25, -0.2) is 0 Å². The Morgan fingerprint density at radius 3 is 2.72 bits per heavy atom. The monoisotopic (exact) mass is 245 g/mol. The number of nitrogens with zero attached hydrogens (tertiary/aromatic N) is 2. The van der Waals surface area contributed by atoms with Crippen LogP contribution >= 0.6 is 0 Å². The Morgan fingerprint density at radius 2 is 2.11 bits per heavy atom. The summed E-state index contributed by atoms with van der Waals surface area (Å²) in [6.07, 6.45) is 3.82. The first-order chi connectivity index (χ1) is 8.60. The van der Waals surface area contributed by atoms with E-state index in [0.717, 1.165) is 16.9 Å². The van der Waals surface area contributed by atoms with Crippen LogP contribution in [0.15, 0.2) is 30.6 Å². The van der Waals surface area contributed by atoms with Crippen molar-refractivity contribution in [1.82, 2.24) is 9.78 Å². The van der Waals surface area contributed by atoms with Crippen LogP contribution in [-0.2, 0) is 6.54 Å². The van der Waals surface area contributed by atoms with Crippen molar-refractivity contribution in [2.75, 3.05) is 7.11 Å². The van der Waals surface area contributed by atoms with Crippen molar-refractivity contribution in [3.63, 3.8) is 0 Å². The van der Waals surface area contributed by atoms with Crippen LogP contribution in [0.5, 0.6) is 5.75 Å². The molecule has 1 atom stereocenters. The molecule has 0 amide bonds. The van der Waals surface area contributed by atoms with Crippen LogP contribution in [0.3, 0.4) is 0 Å². The van der Waals surface area contributed by atoms with Gasteiger partial charge >= 0.3 is 0 Å². The van der Waals surface area contributed by atoms with Gasteiger partial charge < -0.3 is 10.5 Å². The van der Waals surface area contributed by atoms with E-state index >= 15 is 0 Å². The highest BCUT2D eigenvalue weighted by molar-refractivity contribution is 5.38. The van der Waals surface area contributed by atoms with Crippen LogP contribution in [0.1, 0.15) is 22.7 Å². The van der Waals surface area contributed by atoms with Crippen molar-refractivity contribution in [2.45, 2.75) is 26.4 Å². The standard InChI is InChI=1S/C14H19N3O/c1-10-4-5-14(18-3)12(6-10)13(15)9-17-8-11(2)7-16-17/h4-8,13H,9,15H2,1-3H3. The molecule has 4 heteroatoms. The van der Waals surface area contributed by atoms with Gasteiger partial charge in [0.2, 0.25) is 0 Å². The average Bonchev–Trinajstić information content (AvgIpc) is 2.74. The Labute approximate surface area is 107 Å². The maximum Gasteiger partial charge on any atom is 0.123 e. The smallest absolute Gasteiger partial charge is 0.123 e. The van der Waals surface area contributed by atoms with Gasteiger partial charge in [-0.15, -0.1) is 0 Å². The maximum atomic E-state index is 6.24. The van der Waals surface area contributed by atoms with Crippen molar-refractivity contribution in [3.05, 3.63) is 47.3 Å². The molecule has 2 rings (SSSR count). The largest absolute Gasteiger partial charge is 0.496 e. The molecule has 1 aromatic heterocycles. The molecule has 0 aliphatic carbocycles. The Morgan fingerprint density at radius 1 is 1.33 bits per heavy atom. The van der Waals surface area contributed by atoms with E-state index < -0.39 is 0 Å². The fraction of sp³-hybridized carbons (Fsp3) is 0.357. The van der Waals surface area contributed by atoms with Gasteiger partial charge in [-0.1, -0.05) is 17.7 Å². The third kappa shape index (κ3) is 2.71. The molecule has 0 spiro atoms. The van der Waals surface area contributed by atoms with Gasteiger partial charge in [0.05, 0.1) is 25.9 Å². The van der Waals surface area contributed by atoms with E-state index in [-0.39, 0.29) is 6.04 Å². The van der Waals surface area contributed by atoms with Crippen molar-refractivity contribution in [3.8, 4) is 5.75 Å². The molecule has 18 heavy (non-hydrogen) atoms. The highest BCUT2D eigenvalue weighted by Gasteiger charge is 2.13. The number of hydrogen-bond donors (Lipinski definition) is 1. The molecule has 0 fully saturated rings. The molecule has 1 heterocycles. The van der Waals surface area contributed by atoms with Crippen LogP contribution in [0.2, 0.25) is 0 Å². The Hall–Kier alpha value is -1.81. The van der Waals surface area contributed by atoms with Crippen molar-refractivity contribution in [2.24, 2.45) is 5.73 Å². The molecule has 0 bridgehead atoms. The number of ether oxygens (including phenoxy) is 1. The molecule has 0 saturated heterocycles. The lowest BCUT2D eigenvalue weighted by molar-refractivity contribution is 0.400. The predicted molar refractivity (Wildman–Crippen MR) is 71.6 cm³/mol. The second-order valence-corrected chi connectivity index (χ2v) is 4.59. The van der Waals surface area contributed by atoms with Crippen LogP contribution in [0.25, 0.3) is 0 Å². The molecule has 1 aromatic carbocycles. The number of benzene rings is 1. The fourth-order valence-electron chi connectivity index (χ4n) is 2.01. The molecule has 0 aliphatic rings. The summed E-state index contributed by atoms with van der Waals surface area (Å²) in [4.78, 5) is 0. The number of hydrogen-bond acceptors (Lipinski definition) is 3. The normalized spacial score (nSPS) is 12.4. The molecule has 4 nitrogen and oxygen atoms in total. The van der Waals surface area contributed by atoms with Gasteiger partial charge in [-0.2, -0.15) is 5.10 Å². The van der Waals surface area contributed by atoms with Crippen LogP contribution in [0, 0.1) is 13.8 Å². The van der Waals surface area contributed by atoms with E-state index in [1.807, 2.05) is 43.1 Å². The third-order valence-electron chi connectivity index (χ3n) is 2.93. The summed E-state index contributed by atoms with van der Waals surface area (Å²) in [6, 6.07) is 5.92. The minimum absolute atomic E-state index is 0.126.